The highest BCUT2D eigenvalue weighted by atomic mass is 33.3. The fourth-order valence-electron chi connectivity index (χ4n) is 0.124. The van der Waals surface area contributed by atoms with Crippen molar-refractivity contribution in [3.8, 4) is 0 Å². The van der Waals surface area contributed by atoms with Crippen molar-refractivity contribution in [2.24, 2.45) is 0 Å². The summed E-state index contributed by atoms with van der Waals surface area (Å²) in [4.78, 5) is 10.0. The van der Waals surface area contributed by atoms with Gasteiger partial charge in [-0.25, -0.2) is 0 Å². The van der Waals surface area contributed by atoms with Gasteiger partial charge >= 0.3 is 5.97 Å². The van der Waals surface area contributed by atoms with Crippen LogP contribution in [0.3, 0.4) is 0 Å². The molecule has 1 N–H and O–H groups in total. The van der Waals surface area contributed by atoms with E-state index in [0.29, 0.717) is 0 Å². The molecule has 2 unspecified atom stereocenters. The minimum atomic E-state index is -0.759. The third kappa shape index (κ3) is 3.58. The first-order valence-electron chi connectivity index (χ1n) is 1.93. The number of carbonyl (C=O) groups is 1. The van der Waals surface area contributed by atoms with E-state index in [1.807, 2.05) is 0 Å². The van der Waals surface area contributed by atoms with Gasteiger partial charge in [0.25, 0.3) is 0 Å². The van der Waals surface area contributed by atoms with Crippen molar-refractivity contribution in [2.75, 3.05) is 0 Å². The van der Waals surface area contributed by atoms with Gasteiger partial charge in [-0.15, -0.1) is 0 Å². The second-order valence-electron chi connectivity index (χ2n) is 1.17. The number of rotatable bonds is 3. The smallest absolute Gasteiger partial charge is 0.317 e. The van der Waals surface area contributed by atoms with Gasteiger partial charge in [-0.2, -0.15) is 0 Å². The van der Waals surface area contributed by atoms with Gasteiger partial charge in [-0.1, -0.05) is 29.6 Å². The molecule has 0 amide bonds. The molecular formula is C3H7O2PS2. The Hall–Kier alpha value is 0.600. The molecule has 0 aliphatic heterocycles. The van der Waals surface area contributed by atoms with E-state index in [2.05, 4.69) is 8.44 Å². The fraction of sp³-hybridized carbons (Fsp3) is 0.667. The van der Waals surface area contributed by atoms with Crippen LogP contribution in [-0.4, -0.2) is 16.3 Å². The monoisotopic (exact) mass is 170 g/mol. The van der Waals surface area contributed by atoms with Crippen LogP contribution in [0.25, 0.3) is 0 Å². The Morgan fingerprint density at radius 1 is 1.88 bits per heavy atom. The third-order valence-corrected chi connectivity index (χ3v) is 3.35. The number of hydrogen-bond donors (Lipinski definition) is 1. The molecule has 2 atom stereocenters. The minimum Gasteiger partial charge on any atom is -0.480 e. The molecule has 0 aliphatic carbocycles. The number of aliphatic carboxylic acids is 1. The number of carboxylic acid groups (broad SMARTS) is 1. The van der Waals surface area contributed by atoms with E-state index in [1.54, 1.807) is 6.92 Å². The van der Waals surface area contributed by atoms with E-state index in [4.69, 9.17) is 5.11 Å². The molecule has 0 fully saturated rings. The maximum atomic E-state index is 10.0. The van der Waals surface area contributed by atoms with Crippen molar-refractivity contribution in [1.29, 1.82) is 0 Å². The van der Waals surface area contributed by atoms with Crippen molar-refractivity contribution in [2.45, 2.75) is 12.2 Å². The highest BCUT2D eigenvalue weighted by molar-refractivity contribution is 8.94. The van der Waals surface area contributed by atoms with Crippen molar-refractivity contribution >= 4 is 35.6 Å². The van der Waals surface area contributed by atoms with Gasteiger partial charge in [0.1, 0.15) is 5.25 Å². The molecule has 0 aliphatic rings. The Bertz CT molecular complexity index is 87.4. The lowest BCUT2D eigenvalue weighted by molar-refractivity contribution is -0.136. The molecule has 0 bridgehead atoms. The van der Waals surface area contributed by atoms with Gasteiger partial charge in [0, 0.05) is 0 Å². The second-order valence-corrected chi connectivity index (χ2v) is 5.15. The first-order chi connectivity index (χ1) is 3.68. The Morgan fingerprint density at radius 3 is 2.50 bits per heavy atom. The third-order valence-electron chi connectivity index (χ3n) is 0.548. The van der Waals surface area contributed by atoms with E-state index in [9.17, 15) is 4.79 Å². The van der Waals surface area contributed by atoms with Crippen LogP contribution in [0, 0.1) is 0 Å². The van der Waals surface area contributed by atoms with Gasteiger partial charge in [0.15, 0.2) is 0 Å². The Labute approximate surface area is 58.1 Å². The summed E-state index contributed by atoms with van der Waals surface area (Å²) < 4.78 is 0. The van der Waals surface area contributed by atoms with Crippen LogP contribution in [0.5, 0.6) is 0 Å². The molecule has 0 spiro atoms. The van der Waals surface area contributed by atoms with Crippen molar-refractivity contribution in [3.63, 3.8) is 0 Å². The summed E-state index contributed by atoms with van der Waals surface area (Å²) >= 11 is 0. The molecule has 0 radical (unpaired) electrons. The molecule has 0 heterocycles. The van der Waals surface area contributed by atoms with Crippen LogP contribution >= 0.6 is 29.6 Å². The van der Waals surface area contributed by atoms with Crippen LogP contribution in [-0.2, 0) is 4.79 Å². The maximum Gasteiger partial charge on any atom is 0.317 e. The molecule has 0 aromatic rings. The van der Waals surface area contributed by atoms with E-state index in [1.165, 1.54) is 21.2 Å². The van der Waals surface area contributed by atoms with E-state index >= 15 is 0 Å². The summed E-state index contributed by atoms with van der Waals surface area (Å²) in [5.74, 6) is -0.759. The summed E-state index contributed by atoms with van der Waals surface area (Å²) in [5, 5.41) is 7.96. The molecule has 0 aromatic carbocycles. The molecule has 0 saturated heterocycles. The lowest BCUT2D eigenvalue weighted by Gasteiger charge is -1.98. The molecular weight excluding hydrogens is 163 g/mol. The topological polar surface area (TPSA) is 37.3 Å². The zero-order chi connectivity index (χ0) is 6.57. The van der Waals surface area contributed by atoms with E-state index in [0.717, 1.165) is 0 Å². The summed E-state index contributed by atoms with van der Waals surface area (Å²) in [6, 6.07) is 0. The largest absolute Gasteiger partial charge is 0.480 e. The van der Waals surface area contributed by atoms with Crippen molar-refractivity contribution in [1.82, 2.24) is 0 Å². The SMILES string of the molecule is CC(SSP)C(=O)O. The van der Waals surface area contributed by atoms with Crippen LogP contribution in [0.15, 0.2) is 0 Å². The molecule has 0 aromatic heterocycles. The predicted molar refractivity (Wildman–Crippen MR) is 42.0 cm³/mol. The standard InChI is InChI=1S/C3H7O2PS2/c1-2(3(4)5)7-8-6/h2H,6H2,1H3,(H,4,5). The number of hydrogen-bond acceptors (Lipinski definition) is 3. The molecule has 2 nitrogen and oxygen atoms in total. The summed E-state index contributed by atoms with van der Waals surface area (Å²) in [6.07, 6.45) is 0. The van der Waals surface area contributed by atoms with Crippen molar-refractivity contribution < 1.29 is 9.90 Å². The Kier molecular flexibility index (Phi) is 4.81. The average Bonchev–Trinajstić information content (AvgIpc) is 1.67. The lowest BCUT2D eigenvalue weighted by Crippen LogP contribution is -2.09. The Morgan fingerprint density at radius 2 is 2.38 bits per heavy atom. The van der Waals surface area contributed by atoms with Gasteiger partial charge in [-0.3, -0.25) is 4.79 Å². The normalized spacial score (nSPS) is 13.2. The molecule has 8 heavy (non-hydrogen) atoms. The van der Waals surface area contributed by atoms with E-state index in [-0.39, 0.29) is 5.25 Å². The zero-order valence-corrected chi connectivity index (χ0v) is 7.11. The fourth-order valence-corrected chi connectivity index (χ4v) is 2.62. The summed E-state index contributed by atoms with van der Waals surface area (Å²) in [5.41, 5.74) is 0. The van der Waals surface area contributed by atoms with Crippen LogP contribution < -0.4 is 0 Å². The minimum absolute atomic E-state index is 0.308. The maximum absolute atomic E-state index is 10.0. The molecule has 48 valence electrons. The second kappa shape index (κ2) is 4.48. The Balaban J connectivity index is 3.32. The van der Waals surface area contributed by atoms with Crippen molar-refractivity contribution in [3.05, 3.63) is 0 Å². The van der Waals surface area contributed by atoms with E-state index < -0.39 is 5.97 Å². The molecule has 5 heteroatoms. The van der Waals surface area contributed by atoms with Gasteiger partial charge in [-0.05, 0) is 6.92 Å². The van der Waals surface area contributed by atoms with Gasteiger partial charge < -0.3 is 5.11 Å². The lowest BCUT2D eigenvalue weighted by atomic mass is 10.5. The van der Waals surface area contributed by atoms with Crippen LogP contribution in [0.4, 0.5) is 0 Å². The first-order valence-corrected chi connectivity index (χ1v) is 5.62. The zero-order valence-electron chi connectivity index (χ0n) is 4.33. The molecule has 0 saturated carbocycles. The number of carboxylic acids is 1. The molecule has 0 rings (SSSR count). The first kappa shape index (κ1) is 8.60. The van der Waals surface area contributed by atoms with Crippen LogP contribution in [0.2, 0.25) is 0 Å². The highest BCUT2D eigenvalue weighted by Gasteiger charge is 2.08. The predicted octanol–water partition coefficient (Wildman–Crippen LogP) is 1.63. The summed E-state index contributed by atoms with van der Waals surface area (Å²) in [6.45, 7) is 1.66. The quantitative estimate of drug-likeness (QED) is 0.516. The van der Waals surface area contributed by atoms with Gasteiger partial charge in [0.05, 0.1) is 0 Å². The highest BCUT2D eigenvalue weighted by Crippen LogP contribution is 2.32. The average molecular weight is 170 g/mol. The van der Waals surface area contributed by atoms with Crippen LogP contribution in [0.1, 0.15) is 6.92 Å². The summed E-state index contributed by atoms with van der Waals surface area (Å²) in [7, 11) is 5.09. The van der Waals surface area contributed by atoms with Gasteiger partial charge in [0.2, 0.25) is 0 Å².